The summed E-state index contributed by atoms with van der Waals surface area (Å²) in [6.07, 6.45) is 1.51. The average molecular weight is 287 g/mol. The molecule has 2 aromatic rings. The standard InChI is InChI=1S/C14H17N5O2/c1-7(15)14(8(2)20)9-4-10-11(5-12(9)21-3)18-13(19-16)6-17-10/h4-6,15,20H,16H2,1-3H3,(H,18,19)/b14-8+,15-7?. The molecule has 2 rings (SSSR count). The maximum atomic E-state index is 9.83. The van der Waals surface area contributed by atoms with Gasteiger partial charge in [-0.05, 0) is 19.9 Å². The predicted octanol–water partition coefficient (Wildman–Crippen LogP) is 2.25. The number of aliphatic hydroxyl groups excluding tert-OH is 1. The fourth-order valence-corrected chi connectivity index (χ4v) is 2.14. The number of anilines is 1. The number of aliphatic hydroxyl groups is 1. The molecule has 0 bridgehead atoms. The highest BCUT2D eigenvalue weighted by Crippen LogP contribution is 2.32. The van der Waals surface area contributed by atoms with E-state index in [2.05, 4.69) is 15.4 Å². The number of benzene rings is 1. The summed E-state index contributed by atoms with van der Waals surface area (Å²) in [6.45, 7) is 3.13. The quantitative estimate of drug-likeness (QED) is 0.296. The number of nitrogens with one attached hydrogen (secondary N) is 2. The minimum Gasteiger partial charge on any atom is -0.512 e. The van der Waals surface area contributed by atoms with Crippen LogP contribution in [-0.4, -0.2) is 27.9 Å². The smallest absolute Gasteiger partial charge is 0.159 e. The first kappa shape index (κ1) is 14.7. The first-order chi connectivity index (χ1) is 9.97. The van der Waals surface area contributed by atoms with Gasteiger partial charge < -0.3 is 20.7 Å². The maximum absolute atomic E-state index is 9.83. The molecule has 5 N–H and O–H groups in total. The molecule has 0 aliphatic carbocycles. The summed E-state index contributed by atoms with van der Waals surface area (Å²) in [5.74, 6) is 6.31. The van der Waals surface area contributed by atoms with Gasteiger partial charge in [-0.1, -0.05) is 0 Å². The van der Waals surface area contributed by atoms with E-state index in [-0.39, 0.29) is 11.5 Å². The van der Waals surface area contributed by atoms with Crippen LogP contribution in [0.25, 0.3) is 16.6 Å². The monoisotopic (exact) mass is 287 g/mol. The van der Waals surface area contributed by atoms with Crippen LogP contribution >= 0.6 is 0 Å². The third kappa shape index (κ3) is 2.77. The number of rotatable bonds is 4. The Labute approximate surface area is 122 Å². The summed E-state index contributed by atoms with van der Waals surface area (Å²) in [5.41, 5.74) is 4.90. The first-order valence-electron chi connectivity index (χ1n) is 6.25. The van der Waals surface area contributed by atoms with Crippen LogP contribution in [0.15, 0.2) is 24.1 Å². The van der Waals surface area contributed by atoms with E-state index in [1.807, 2.05) is 0 Å². The molecular formula is C14H17N5O2. The highest BCUT2D eigenvalue weighted by atomic mass is 16.5. The lowest BCUT2D eigenvalue weighted by Crippen LogP contribution is -2.09. The van der Waals surface area contributed by atoms with Crippen molar-refractivity contribution < 1.29 is 9.84 Å². The van der Waals surface area contributed by atoms with Crippen molar-refractivity contribution in [2.75, 3.05) is 12.5 Å². The van der Waals surface area contributed by atoms with E-state index in [0.717, 1.165) is 0 Å². The van der Waals surface area contributed by atoms with E-state index in [1.54, 1.807) is 19.1 Å². The summed E-state index contributed by atoms with van der Waals surface area (Å²) in [6, 6.07) is 3.43. The third-order valence-corrected chi connectivity index (χ3v) is 3.02. The lowest BCUT2D eigenvalue weighted by molar-refractivity contribution is 0.409. The molecule has 0 spiro atoms. The minimum absolute atomic E-state index is 0.0494. The average Bonchev–Trinajstić information content (AvgIpc) is 2.45. The summed E-state index contributed by atoms with van der Waals surface area (Å²) in [4.78, 5) is 8.54. The zero-order valence-electron chi connectivity index (χ0n) is 12.1. The van der Waals surface area contributed by atoms with E-state index in [1.165, 1.54) is 20.2 Å². The topological polar surface area (TPSA) is 117 Å². The molecule has 110 valence electrons. The highest BCUT2D eigenvalue weighted by molar-refractivity contribution is 6.22. The molecule has 0 amide bonds. The Balaban J connectivity index is 2.75. The number of allylic oxidation sites excluding steroid dienone is 2. The molecule has 1 aromatic heterocycles. The molecule has 0 saturated carbocycles. The van der Waals surface area contributed by atoms with Gasteiger partial charge in [0, 0.05) is 22.9 Å². The largest absolute Gasteiger partial charge is 0.512 e. The highest BCUT2D eigenvalue weighted by Gasteiger charge is 2.16. The molecule has 0 saturated heterocycles. The van der Waals surface area contributed by atoms with Gasteiger partial charge in [0.05, 0.1) is 30.1 Å². The number of hydrazine groups is 1. The zero-order chi connectivity index (χ0) is 15.6. The van der Waals surface area contributed by atoms with Crippen molar-refractivity contribution in [1.82, 2.24) is 9.97 Å². The van der Waals surface area contributed by atoms with Crippen LogP contribution < -0.4 is 16.0 Å². The lowest BCUT2D eigenvalue weighted by atomic mass is 9.99. The molecule has 1 heterocycles. The SMILES string of the molecule is COc1cc2nc(NN)cnc2cc1/C(C(C)=N)=C(\C)O. The van der Waals surface area contributed by atoms with Gasteiger partial charge in [-0.25, -0.2) is 10.8 Å². The molecule has 0 atom stereocenters. The Bertz CT molecular complexity index is 735. The number of nitrogen functional groups attached to an aromatic ring is 1. The summed E-state index contributed by atoms with van der Waals surface area (Å²) >= 11 is 0. The van der Waals surface area contributed by atoms with Crippen molar-refractivity contribution in [3.8, 4) is 5.75 Å². The zero-order valence-corrected chi connectivity index (χ0v) is 12.1. The van der Waals surface area contributed by atoms with Gasteiger partial charge in [0.15, 0.2) is 5.82 Å². The Morgan fingerprint density at radius 1 is 1.33 bits per heavy atom. The van der Waals surface area contributed by atoms with Crippen LogP contribution in [0.4, 0.5) is 5.82 Å². The normalized spacial score (nSPS) is 12.0. The molecule has 0 aliphatic heterocycles. The van der Waals surface area contributed by atoms with Crippen molar-refractivity contribution >= 4 is 28.1 Å². The minimum atomic E-state index is 0.0494. The van der Waals surface area contributed by atoms with Gasteiger partial charge in [-0.15, -0.1) is 0 Å². The van der Waals surface area contributed by atoms with E-state index in [0.29, 0.717) is 33.7 Å². The van der Waals surface area contributed by atoms with E-state index >= 15 is 0 Å². The van der Waals surface area contributed by atoms with Crippen molar-refractivity contribution in [2.45, 2.75) is 13.8 Å². The fourth-order valence-electron chi connectivity index (χ4n) is 2.14. The van der Waals surface area contributed by atoms with Crippen LogP contribution in [0, 0.1) is 5.41 Å². The van der Waals surface area contributed by atoms with Gasteiger partial charge in [-0.3, -0.25) is 4.98 Å². The predicted molar refractivity (Wildman–Crippen MR) is 82.5 cm³/mol. The lowest BCUT2D eigenvalue weighted by Gasteiger charge is -2.13. The van der Waals surface area contributed by atoms with Gasteiger partial charge >= 0.3 is 0 Å². The van der Waals surface area contributed by atoms with Gasteiger partial charge in [-0.2, -0.15) is 0 Å². The molecule has 7 nitrogen and oxygen atoms in total. The van der Waals surface area contributed by atoms with Crippen LogP contribution in [0.3, 0.4) is 0 Å². The van der Waals surface area contributed by atoms with E-state index in [9.17, 15) is 5.11 Å². The number of hydrogen-bond donors (Lipinski definition) is 4. The van der Waals surface area contributed by atoms with Gasteiger partial charge in [0.25, 0.3) is 0 Å². The number of ether oxygens (including phenoxy) is 1. The Kier molecular flexibility index (Phi) is 4.04. The van der Waals surface area contributed by atoms with Gasteiger partial charge in [0.2, 0.25) is 0 Å². The van der Waals surface area contributed by atoms with Crippen LogP contribution in [0.2, 0.25) is 0 Å². The summed E-state index contributed by atoms with van der Waals surface area (Å²) < 4.78 is 5.35. The number of nitrogens with two attached hydrogens (primary N) is 1. The molecule has 0 radical (unpaired) electrons. The number of methoxy groups -OCH3 is 1. The van der Waals surface area contributed by atoms with Gasteiger partial charge in [0.1, 0.15) is 5.75 Å². The molecule has 21 heavy (non-hydrogen) atoms. The molecule has 1 aromatic carbocycles. The second kappa shape index (κ2) is 5.76. The molecule has 0 fully saturated rings. The van der Waals surface area contributed by atoms with Crippen molar-refractivity contribution in [3.05, 3.63) is 29.7 Å². The second-order valence-electron chi connectivity index (χ2n) is 4.53. The molecule has 0 aliphatic rings. The number of aromatic nitrogens is 2. The molecule has 0 unspecified atom stereocenters. The summed E-state index contributed by atoms with van der Waals surface area (Å²) in [7, 11) is 1.52. The first-order valence-corrected chi connectivity index (χ1v) is 6.25. The van der Waals surface area contributed by atoms with Crippen molar-refractivity contribution in [3.63, 3.8) is 0 Å². The number of fused-ring (bicyclic) bond motifs is 1. The summed E-state index contributed by atoms with van der Waals surface area (Å²) in [5, 5.41) is 17.7. The van der Waals surface area contributed by atoms with Crippen LogP contribution in [-0.2, 0) is 0 Å². The molecular weight excluding hydrogens is 270 g/mol. The maximum Gasteiger partial charge on any atom is 0.159 e. The number of hydrogen-bond acceptors (Lipinski definition) is 7. The van der Waals surface area contributed by atoms with Crippen molar-refractivity contribution in [2.24, 2.45) is 5.84 Å². The Hall–Kier alpha value is -2.67. The van der Waals surface area contributed by atoms with E-state index < -0.39 is 0 Å². The Morgan fingerprint density at radius 3 is 2.57 bits per heavy atom. The fraction of sp³-hybridized carbons (Fsp3) is 0.214. The second-order valence-corrected chi connectivity index (χ2v) is 4.53. The van der Waals surface area contributed by atoms with Crippen molar-refractivity contribution in [1.29, 1.82) is 5.41 Å². The van der Waals surface area contributed by atoms with Crippen LogP contribution in [0.5, 0.6) is 5.75 Å². The number of nitrogens with zero attached hydrogens (tertiary/aromatic N) is 2. The third-order valence-electron chi connectivity index (χ3n) is 3.02. The van der Waals surface area contributed by atoms with Crippen LogP contribution in [0.1, 0.15) is 19.4 Å². The Morgan fingerprint density at radius 2 is 2.05 bits per heavy atom. The van der Waals surface area contributed by atoms with E-state index in [4.69, 9.17) is 16.0 Å². The molecule has 7 heteroatoms.